The van der Waals surface area contributed by atoms with Gasteiger partial charge in [0.15, 0.2) is 6.29 Å². The molecular formula is C17H27N5O4. The maximum absolute atomic E-state index is 12.3. The van der Waals surface area contributed by atoms with Gasteiger partial charge in [0.1, 0.15) is 5.75 Å². The van der Waals surface area contributed by atoms with E-state index >= 15 is 0 Å². The molecule has 9 nitrogen and oxygen atoms in total. The van der Waals surface area contributed by atoms with Crippen LogP contribution in [0, 0.1) is 0 Å². The minimum absolute atomic E-state index is 0.111. The summed E-state index contributed by atoms with van der Waals surface area (Å²) in [5.41, 5.74) is 1.53. The Balaban J connectivity index is 1.93. The number of aliphatic imine (C=N–C) groups is 1. The van der Waals surface area contributed by atoms with Crippen LogP contribution < -0.4 is 20.7 Å². The number of hydrogen-bond acceptors (Lipinski definition) is 7. The molecule has 3 unspecified atom stereocenters. The van der Waals surface area contributed by atoms with Crippen molar-refractivity contribution in [2.24, 2.45) is 4.99 Å². The van der Waals surface area contributed by atoms with Gasteiger partial charge >= 0.3 is 6.03 Å². The highest BCUT2D eigenvalue weighted by atomic mass is 16.5. The topological polar surface area (TPSA) is 118 Å². The first-order chi connectivity index (χ1) is 12.4. The van der Waals surface area contributed by atoms with Gasteiger partial charge in [0.05, 0.1) is 26.0 Å². The van der Waals surface area contributed by atoms with Crippen LogP contribution >= 0.6 is 0 Å². The van der Waals surface area contributed by atoms with E-state index < -0.39 is 12.4 Å². The molecule has 9 heteroatoms. The predicted octanol–water partition coefficient (Wildman–Crippen LogP) is 0.166. The molecule has 2 amide bonds. The van der Waals surface area contributed by atoms with E-state index in [0.717, 1.165) is 5.71 Å². The third-order valence-corrected chi connectivity index (χ3v) is 4.12. The second-order valence-electron chi connectivity index (χ2n) is 6.20. The summed E-state index contributed by atoms with van der Waals surface area (Å²) >= 11 is 0. The van der Waals surface area contributed by atoms with E-state index in [1.54, 1.807) is 31.4 Å². The molecule has 0 saturated carbocycles. The lowest BCUT2D eigenvalue weighted by Crippen LogP contribution is -2.58. The summed E-state index contributed by atoms with van der Waals surface area (Å²) in [7, 11) is 3.41. The molecule has 5 N–H and O–H groups in total. The van der Waals surface area contributed by atoms with Gasteiger partial charge in [0.25, 0.3) is 0 Å². The van der Waals surface area contributed by atoms with E-state index in [-0.39, 0.29) is 25.3 Å². The first-order valence-electron chi connectivity index (χ1n) is 8.42. The fraction of sp³-hybridized carbons (Fsp3) is 0.529. The van der Waals surface area contributed by atoms with Crippen LogP contribution in [0.2, 0.25) is 0 Å². The van der Waals surface area contributed by atoms with E-state index in [9.17, 15) is 9.90 Å². The SMILES string of the molecule is COc1ccc(NC(=O)NC2N=C(C)CC(NCC(O)CO)N2C)cc1. The smallest absolute Gasteiger partial charge is 0.321 e. The molecule has 0 aliphatic carbocycles. The largest absolute Gasteiger partial charge is 0.497 e. The maximum atomic E-state index is 12.3. The number of rotatable bonds is 7. The summed E-state index contributed by atoms with van der Waals surface area (Å²) < 4.78 is 5.09. The molecule has 1 aliphatic rings. The van der Waals surface area contributed by atoms with Gasteiger partial charge in [0, 0.05) is 24.4 Å². The fourth-order valence-electron chi connectivity index (χ4n) is 2.59. The van der Waals surface area contributed by atoms with Crippen LogP contribution in [-0.2, 0) is 0 Å². The van der Waals surface area contributed by atoms with Crippen molar-refractivity contribution in [2.45, 2.75) is 31.9 Å². The zero-order chi connectivity index (χ0) is 19.1. The predicted molar refractivity (Wildman–Crippen MR) is 99.3 cm³/mol. The lowest BCUT2D eigenvalue weighted by Gasteiger charge is -2.38. The van der Waals surface area contributed by atoms with Gasteiger partial charge < -0.3 is 25.6 Å². The first-order valence-corrected chi connectivity index (χ1v) is 8.42. The monoisotopic (exact) mass is 365 g/mol. The van der Waals surface area contributed by atoms with Gasteiger partial charge in [-0.15, -0.1) is 0 Å². The third kappa shape index (κ3) is 5.67. The number of urea groups is 1. The summed E-state index contributed by atoms with van der Waals surface area (Å²) in [5, 5.41) is 27.2. The molecule has 0 fully saturated rings. The van der Waals surface area contributed by atoms with Crippen molar-refractivity contribution in [1.29, 1.82) is 0 Å². The Morgan fingerprint density at radius 3 is 2.73 bits per heavy atom. The number of carbonyl (C=O) groups excluding carboxylic acids is 1. The summed E-state index contributed by atoms with van der Waals surface area (Å²) in [6.45, 7) is 1.84. The second-order valence-corrected chi connectivity index (χ2v) is 6.20. The zero-order valence-corrected chi connectivity index (χ0v) is 15.3. The zero-order valence-electron chi connectivity index (χ0n) is 15.3. The summed E-state index contributed by atoms with van der Waals surface area (Å²) in [4.78, 5) is 18.6. The van der Waals surface area contributed by atoms with Crippen molar-refractivity contribution in [2.75, 3.05) is 32.6 Å². The minimum atomic E-state index is -0.827. The molecule has 1 aromatic rings. The Morgan fingerprint density at radius 2 is 2.12 bits per heavy atom. The number of aliphatic hydroxyl groups is 2. The van der Waals surface area contributed by atoms with Crippen molar-refractivity contribution in [3.8, 4) is 5.75 Å². The molecule has 0 aromatic heterocycles. The summed E-state index contributed by atoms with van der Waals surface area (Å²) in [6, 6.07) is 6.64. The van der Waals surface area contributed by atoms with Crippen LogP contribution in [0.5, 0.6) is 5.75 Å². The Labute approximate surface area is 153 Å². The number of anilines is 1. The van der Waals surface area contributed by atoms with Crippen LogP contribution in [0.3, 0.4) is 0 Å². The standard InChI is InChI=1S/C17H27N5O4/c1-11-8-15(18-9-13(24)10-23)22(2)16(19-11)21-17(25)20-12-4-6-14(26-3)7-5-12/h4-7,13,15-16,18,23-24H,8-10H2,1-3H3,(H2,20,21,25). The summed E-state index contributed by atoms with van der Waals surface area (Å²) in [5.74, 6) is 0.710. The number of nitrogens with zero attached hydrogens (tertiary/aromatic N) is 2. The average molecular weight is 365 g/mol. The Bertz CT molecular complexity index is 622. The first kappa shape index (κ1) is 20.1. The number of hydrogen-bond donors (Lipinski definition) is 5. The lowest BCUT2D eigenvalue weighted by molar-refractivity contribution is 0.0702. The van der Waals surface area contributed by atoms with Gasteiger partial charge in [0.2, 0.25) is 0 Å². The van der Waals surface area contributed by atoms with Crippen molar-refractivity contribution >= 4 is 17.4 Å². The molecule has 2 rings (SSSR count). The molecular weight excluding hydrogens is 338 g/mol. The Kier molecular flexibility index (Phi) is 7.34. The van der Waals surface area contributed by atoms with E-state index in [1.165, 1.54) is 0 Å². The molecule has 0 spiro atoms. The molecule has 0 radical (unpaired) electrons. The molecule has 0 saturated heterocycles. The van der Waals surface area contributed by atoms with Gasteiger partial charge in [-0.2, -0.15) is 0 Å². The molecule has 0 bridgehead atoms. The van der Waals surface area contributed by atoms with Crippen molar-refractivity contribution in [1.82, 2.24) is 15.5 Å². The molecule has 3 atom stereocenters. The number of methoxy groups -OCH3 is 1. The van der Waals surface area contributed by atoms with E-state index in [2.05, 4.69) is 20.9 Å². The number of ether oxygens (including phenoxy) is 1. The normalized spacial score (nSPS) is 21.7. The van der Waals surface area contributed by atoms with Crippen molar-refractivity contribution in [3.05, 3.63) is 24.3 Å². The van der Waals surface area contributed by atoms with Gasteiger partial charge in [-0.05, 0) is 38.2 Å². The van der Waals surface area contributed by atoms with Crippen LogP contribution in [0.1, 0.15) is 13.3 Å². The van der Waals surface area contributed by atoms with Crippen LogP contribution in [0.4, 0.5) is 10.5 Å². The quantitative estimate of drug-likeness (QED) is 0.470. The minimum Gasteiger partial charge on any atom is -0.497 e. The Morgan fingerprint density at radius 1 is 1.42 bits per heavy atom. The molecule has 144 valence electrons. The second kappa shape index (κ2) is 9.48. The molecule has 1 aromatic carbocycles. The summed E-state index contributed by atoms with van der Waals surface area (Å²) in [6.07, 6.45) is -0.814. The lowest BCUT2D eigenvalue weighted by atomic mass is 10.2. The molecule has 1 heterocycles. The number of nitrogens with one attached hydrogen (secondary N) is 3. The highest BCUT2D eigenvalue weighted by Crippen LogP contribution is 2.16. The average Bonchev–Trinajstić information content (AvgIpc) is 2.63. The highest BCUT2D eigenvalue weighted by molar-refractivity contribution is 5.90. The van der Waals surface area contributed by atoms with Crippen molar-refractivity contribution < 1.29 is 19.7 Å². The van der Waals surface area contributed by atoms with Crippen LogP contribution in [0.25, 0.3) is 0 Å². The molecule has 1 aliphatic heterocycles. The Hall–Kier alpha value is -2.20. The van der Waals surface area contributed by atoms with E-state index in [1.807, 2.05) is 18.9 Å². The number of carbonyl (C=O) groups is 1. The van der Waals surface area contributed by atoms with E-state index in [4.69, 9.17) is 9.84 Å². The van der Waals surface area contributed by atoms with Gasteiger partial charge in [-0.25, -0.2) is 4.79 Å². The van der Waals surface area contributed by atoms with Gasteiger partial charge in [-0.3, -0.25) is 15.2 Å². The number of amides is 2. The van der Waals surface area contributed by atoms with Gasteiger partial charge in [-0.1, -0.05) is 0 Å². The number of aliphatic hydroxyl groups excluding tert-OH is 2. The third-order valence-electron chi connectivity index (χ3n) is 4.12. The van der Waals surface area contributed by atoms with Crippen LogP contribution in [0.15, 0.2) is 29.3 Å². The van der Waals surface area contributed by atoms with E-state index in [0.29, 0.717) is 17.9 Å². The molecule has 26 heavy (non-hydrogen) atoms. The van der Waals surface area contributed by atoms with Crippen LogP contribution in [-0.4, -0.2) is 72.7 Å². The highest BCUT2D eigenvalue weighted by Gasteiger charge is 2.28. The fourth-order valence-corrected chi connectivity index (χ4v) is 2.59. The van der Waals surface area contributed by atoms with Crippen molar-refractivity contribution in [3.63, 3.8) is 0 Å². The maximum Gasteiger partial charge on any atom is 0.321 e. The number of benzene rings is 1.